The molecule has 0 amide bonds. The third kappa shape index (κ3) is 7.10. The highest BCUT2D eigenvalue weighted by molar-refractivity contribution is 6.69. The van der Waals surface area contributed by atoms with E-state index in [9.17, 15) is 0 Å². The number of rotatable bonds is 8. The molecule has 0 fully saturated rings. The molecule has 0 aliphatic heterocycles. The molecule has 0 bridgehead atoms. The average Bonchev–Trinajstić information content (AvgIpc) is 3.12. The van der Waals surface area contributed by atoms with Gasteiger partial charge in [-0.25, -0.2) is 0 Å². The molecule has 2 heteroatoms. The highest BCUT2D eigenvalue weighted by Crippen LogP contribution is 2.49. The van der Waals surface area contributed by atoms with Crippen LogP contribution in [0, 0.1) is 20.8 Å². The maximum atomic E-state index is 3.96. The minimum Gasteiger partial charge on any atom is -0.355 e. The summed E-state index contributed by atoms with van der Waals surface area (Å²) < 4.78 is 0. The van der Waals surface area contributed by atoms with E-state index in [1.807, 2.05) is 0 Å². The van der Waals surface area contributed by atoms with Crippen molar-refractivity contribution in [3.05, 3.63) is 154 Å². The van der Waals surface area contributed by atoms with Gasteiger partial charge in [-0.1, -0.05) is 160 Å². The summed E-state index contributed by atoms with van der Waals surface area (Å²) in [7, 11) is 0.891. The molecular weight excluding hydrogens is 637 g/mol. The summed E-state index contributed by atoms with van der Waals surface area (Å²) in [4.78, 5) is 0. The number of nitrogens with one attached hydrogen (secondary N) is 1. The molecule has 0 spiro atoms. The number of benzene rings is 5. The second kappa shape index (κ2) is 14.0. The Labute approximate surface area is 320 Å². The van der Waals surface area contributed by atoms with E-state index in [2.05, 4.69) is 184 Å². The van der Waals surface area contributed by atoms with Crippen molar-refractivity contribution >= 4 is 29.6 Å². The zero-order chi connectivity index (χ0) is 37.7. The Balaban J connectivity index is 1.37. The van der Waals surface area contributed by atoms with Crippen LogP contribution in [0.4, 0.5) is 11.4 Å². The van der Waals surface area contributed by atoms with Crippen LogP contribution >= 0.6 is 0 Å². The van der Waals surface area contributed by atoms with Gasteiger partial charge in [-0.15, -0.1) is 0 Å². The number of hydrogen-bond acceptors (Lipinski definition) is 1. The van der Waals surface area contributed by atoms with Crippen LogP contribution < -0.4 is 16.2 Å². The summed E-state index contributed by atoms with van der Waals surface area (Å²) in [6.07, 6.45) is 9.41. The van der Waals surface area contributed by atoms with Crippen molar-refractivity contribution in [3.8, 4) is 22.3 Å². The summed E-state index contributed by atoms with van der Waals surface area (Å²) in [6.45, 7) is 23.8. The predicted octanol–water partition coefficient (Wildman–Crippen LogP) is 12.4. The van der Waals surface area contributed by atoms with Gasteiger partial charge in [0.1, 0.15) is 0 Å². The minimum atomic E-state index is -0.0593. The lowest BCUT2D eigenvalue weighted by atomic mass is 9.57. The predicted molar refractivity (Wildman–Crippen MR) is 233 cm³/mol. The lowest BCUT2D eigenvalue weighted by Gasteiger charge is -2.42. The van der Waals surface area contributed by atoms with Crippen LogP contribution in [0.5, 0.6) is 0 Å². The Bertz CT molecular complexity index is 2230. The molecule has 0 aromatic heterocycles. The highest BCUT2D eigenvalue weighted by Gasteiger charge is 2.38. The Kier molecular flexibility index (Phi) is 9.73. The minimum absolute atomic E-state index is 0.0593. The monoisotopic (exact) mass is 695 g/mol. The molecule has 270 valence electrons. The summed E-state index contributed by atoms with van der Waals surface area (Å²) in [5.74, 6) is 0. The third-order valence-corrected chi connectivity index (χ3v) is 12.8. The van der Waals surface area contributed by atoms with Crippen molar-refractivity contribution in [2.45, 2.75) is 111 Å². The van der Waals surface area contributed by atoms with Crippen LogP contribution in [-0.2, 0) is 16.2 Å². The molecule has 0 unspecified atom stereocenters. The van der Waals surface area contributed by atoms with Crippen LogP contribution in [0.15, 0.2) is 120 Å². The molecule has 0 atom stereocenters. The number of anilines is 2. The Morgan fingerprint density at radius 2 is 1.34 bits per heavy atom. The SMILES string of the molecule is CC1=C(C(C)(C)c2cccc(Bc3c(C)cc(C)cc3-c3cc4c(cc3Nc3ccc(-c5ccccc5)cc3)C(C)(C)CCC4(C)C)c2C)C=CCC1. The average molecular weight is 696 g/mol. The molecule has 0 heterocycles. The van der Waals surface area contributed by atoms with Crippen molar-refractivity contribution in [1.82, 2.24) is 0 Å². The molecule has 0 saturated carbocycles. The van der Waals surface area contributed by atoms with Crippen molar-refractivity contribution in [2.75, 3.05) is 5.32 Å². The second-order valence-electron chi connectivity index (χ2n) is 17.9. The fraction of sp³-hybridized carbons (Fsp3) is 0.333. The van der Waals surface area contributed by atoms with Crippen LogP contribution in [0.2, 0.25) is 0 Å². The van der Waals surface area contributed by atoms with E-state index in [1.165, 1.54) is 96.2 Å². The van der Waals surface area contributed by atoms with Gasteiger partial charge in [0.25, 0.3) is 0 Å². The quantitative estimate of drug-likeness (QED) is 0.159. The van der Waals surface area contributed by atoms with E-state index in [0.29, 0.717) is 0 Å². The number of hydrogen-bond donors (Lipinski definition) is 1. The molecule has 5 aromatic carbocycles. The second-order valence-corrected chi connectivity index (χ2v) is 17.9. The van der Waals surface area contributed by atoms with E-state index < -0.39 is 0 Å². The zero-order valence-electron chi connectivity index (χ0n) is 33.9. The van der Waals surface area contributed by atoms with Gasteiger partial charge < -0.3 is 5.32 Å². The molecule has 7 rings (SSSR count). The van der Waals surface area contributed by atoms with Gasteiger partial charge >= 0.3 is 0 Å². The first-order valence-corrected chi connectivity index (χ1v) is 19.8. The van der Waals surface area contributed by atoms with Crippen molar-refractivity contribution in [2.24, 2.45) is 0 Å². The lowest BCUT2D eigenvalue weighted by Crippen LogP contribution is -2.36. The first-order chi connectivity index (χ1) is 25.2. The molecule has 5 aromatic rings. The highest BCUT2D eigenvalue weighted by atomic mass is 14.9. The van der Waals surface area contributed by atoms with E-state index >= 15 is 0 Å². The Morgan fingerprint density at radius 3 is 2.02 bits per heavy atom. The molecule has 2 aliphatic rings. The molecule has 1 nitrogen and oxygen atoms in total. The van der Waals surface area contributed by atoms with Crippen molar-refractivity contribution in [3.63, 3.8) is 0 Å². The molecule has 1 N–H and O–H groups in total. The number of aryl methyl sites for hydroxylation is 2. The van der Waals surface area contributed by atoms with E-state index in [4.69, 9.17) is 0 Å². The molecule has 0 radical (unpaired) electrons. The van der Waals surface area contributed by atoms with Gasteiger partial charge in [0.2, 0.25) is 0 Å². The summed E-state index contributed by atoms with van der Waals surface area (Å²) in [5.41, 5.74) is 21.8. The lowest BCUT2D eigenvalue weighted by molar-refractivity contribution is 0.332. The first kappa shape index (κ1) is 36.8. The molecular formula is C51H58BN. The summed E-state index contributed by atoms with van der Waals surface area (Å²) in [5, 5.41) is 3.96. The van der Waals surface area contributed by atoms with Gasteiger partial charge in [-0.05, 0) is 127 Å². The normalized spacial score (nSPS) is 16.3. The van der Waals surface area contributed by atoms with E-state index in [1.54, 1.807) is 0 Å². The van der Waals surface area contributed by atoms with Crippen LogP contribution in [0.25, 0.3) is 22.3 Å². The topological polar surface area (TPSA) is 12.0 Å². The third-order valence-electron chi connectivity index (χ3n) is 12.8. The Hall–Kier alpha value is -4.56. The van der Waals surface area contributed by atoms with Gasteiger partial charge in [0.05, 0.1) is 0 Å². The van der Waals surface area contributed by atoms with Crippen LogP contribution in [0.1, 0.15) is 108 Å². The largest absolute Gasteiger partial charge is 0.355 e. The van der Waals surface area contributed by atoms with Gasteiger partial charge in [0.15, 0.2) is 7.28 Å². The Morgan fingerprint density at radius 1 is 0.679 bits per heavy atom. The van der Waals surface area contributed by atoms with Crippen molar-refractivity contribution < 1.29 is 0 Å². The van der Waals surface area contributed by atoms with Crippen LogP contribution in [0.3, 0.4) is 0 Å². The number of allylic oxidation sites excluding steroid dienone is 4. The van der Waals surface area contributed by atoms with E-state index in [-0.39, 0.29) is 16.2 Å². The van der Waals surface area contributed by atoms with Crippen molar-refractivity contribution in [1.29, 1.82) is 0 Å². The summed E-state index contributed by atoms with van der Waals surface area (Å²) in [6, 6.07) is 36.5. The standard InChI is InChI=1S/C51H58BN/c1-33-29-35(3)48(52-46-22-16-21-43(36(46)4)51(9,10)42-20-15-14-17-34(42)2)41(30-33)40-31-44-45(50(7,8)28-27-49(44,5)6)32-47(40)53-39-25-23-38(24-26-39)37-18-12-11-13-19-37/h11-13,15-16,18-26,29-32,52-53H,14,17,27-28H2,1-10H3. The summed E-state index contributed by atoms with van der Waals surface area (Å²) >= 11 is 0. The van der Waals surface area contributed by atoms with Gasteiger partial charge in [-0.2, -0.15) is 0 Å². The molecule has 53 heavy (non-hydrogen) atoms. The first-order valence-electron chi connectivity index (χ1n) is 19.8. The maximum absolute atomic E-state index is 3.96. The number of fused-ring (bicyclic) bond motifs is 1. The van der Waals surface area contributed by atoms with Gasteiger partial charge in [-0.3, -0.25) is 0 Å². The van der Waals surface area contributed by atoms with Gasteiger partial charge in [0, 0.05) is 22.4 Å². The van der Waals surface area contributed by atoms with E-state index in [0.717, 1.165) is 25.8 Å². The molecule has 0 saturated heterocycles. The smallest absolute Gasteiger partial charge is 0.193 e. The van der Waals surface area contributed by atoms with Crippen LogP contribution in [-0.4, -0.2) is 7.28 Å². The fourth-order valence-electron chi connectivity index (χ4n) is 9.35. The maximum Gasteiger partial charge on any atom is 0.193 e. The zero-order valence-corrected chi connectivity index (χ0v) is 33.9. The fourth-order valence-corrected chi connectivity index (χ4v) is 9.35. The molecule has 2 aliphatic carbocycles.